The fourth-order valence-electron chi connectivity index (χ4n) is 0.871. The molecule has 0 atom stereocenters. The molecule has 0 radical (unpaired) electrons. The molecule has 0 spiro atoms. The number of carbonyl (C=O) groups is 1. The standard InChI is InChI=1S/C6H3BrF6N4O/c7-4(5(8,9)10,6(11,12)13)3(18)16-17-1-14-15-2-17/h1-2H,(H,16,18). The normalized spacial score (nSPS) is 13.5. The van der Waals surface area contributed by atoms with Crippen LogP contribution in [-0.2, 0) is 4.79 Å². The van der Waals surface area contributed by atoms with E-state index in [4.69, 9.17) is 0 Å². The Bertz CT molecular complexity index is 412. The van der Waals surface area contributed by atoms with Crippen LogP contribution in [0.15, 0.2) is 12.7 Å². The molecule has 1 amide bonds. The Hall–Kier alpha value is -1.33. The number of halogens is 7. The maximum absolute atomic E-state index is 12.4. The molecule has 0 aliphatic heterocycles. The molecule has 1 aromatic rings. The summed E-state index contributed by atoms with van der Waals surface area (Å²) >= 11 is 1.42. The number of alkyl halides is 7. The smallest absolute Gasteiger partial charge is 0.271 e. The van der Waals surface area contributed by atoms with Crippen LogP contribution in [0.1, 0.15) is 0 Å². The molecule has 102 valence electrons. The van der Waals surface area contributed by atoms with E-state index in [0.717, 1.165) is 12.7 Å². The van der Waals surface area contributed by atoms with Crippen molar-refractivity contribution in [1.29, 1.82) is 0 Å². The van der Waals surface area contributed by atoms with Crippen molar-refractivity contribution in [1.82, 2.24) is 14.9 Å². The van der Waals surface area contributed by atoms with Crippen molar-refractivity contribution in [2.24, 2.45) is 0 Å². The number of nitrogens with one attached hydrogen (secondary N) is 1. The second-order valence-corrected chi connectivity index (χ2v) is 4.15. The third kappa shape index (κ3) is 2.42. The minimum absolute atomic E-state index is 0.454. The third-order valence-electron chi connectivity index (χ3n) is 1.74. The lowest BCUT2D eigenvalue weighted by molar-refractivity contribution is -0.253. The molecular formula is C6H3BrF6N4O. The monoisotopic (exact) mass is 340 g/mol. The zero-order chi connectivity index (χ0) is 14.2. The van der Waals surface area contributed by atoms with Gasteiger partial charge in [0.25, 0.3) is 10.2 Å². The molecule has 1 rings (SSSR count). The van der Waals surface area contributed by atoms with Gasteiger partial charge in [-0.3, -0.25) is 10.2 Å². The Balaban J connectivity index is 3.09. The second kappa shape index (κ2) is 4.40. The van der Waals surface area contributed by atoms with E-state index in [1.807, 2.05) is 0 Å². The first-order valence-corrected chi connectivity index (χ1v) is 4.78. The van der Waals surface area contributed by atoms with Crippen molar-refractivity contribution >= 4 is 21.8 Å². The maximum atomic E-state index is 12.4. The van der Waals surface area contributed by atoms with Crippen LogP contribution in [0.2, 0.25) is 0 Å². The lowest BCUT2D eigenvalue weighted by Gasteiger charge is -2.30. The van der Waals surface area contributed by atoms with Gasteiger partial charge in [0.05, 0.1) is 0 Å². The van der Waals surface area contributed by atoms with Gasteiger partial charge < -0.3 is 0 Å². The van der Waals surface area contributed by atoms with E-state index >= 15 is 0 Å². The number of rotatable bonds is 2. The summed E-state index contributed by atoms with van der Waals surface area (Å²) in [4.78, 5) is 11.2. The lowest BCUT2D eigenvalue weighted by Crippen LogP contribution is -2.60. The molecule has 5 nitrogen and oxygen atoms in total. The molecule has 0 aliphatic carbocycles. The molecule has 1 N–H and O–H groups in total. The van der Waals surface area contributed by atoms with Gasteiger partial charge in [0.2, 0.25) is 0 Å². The van der Waals surface area contributed by atoms with Crippen LogP contribution in [0.5, 0.6) is 0 Å². The van der Waals surface area contributed by atoms with E-state index in [-0.39, 0.29) is 0 Å². The van der Waals surface area contributed by atoms with Crippen molar-refractivity contribution in [2.75, 3.05) is 5.43 Å². The summed E-state index contributed by atoms with van der Waals surface area (Å²) in [6, 6.07) is 0. The van der Waals surface area contributed by atoms with Crippen LogP contribution < -0.4 is 5.43 Å². The molecule has 1 aromatic heterocycles. The van der Waals surface area contributed by atoms with Gasteiger partial charge in [-0.15, -0.1) is 10.2 Å². The minimum Gasteiger partial charge on any atom is -0.271 e. The topological polar surface area (TPSA) is 59.8 Å². The molecule has 0 fully saturated rings. The highest BCUT2D eigenvalue weighted by atomic mass is 79.9. The molecule has 1 heterocycles. The van der Waals surface area contributed by atoms with E-state index < -0.39 is 22.6 Å². The van der Waals surface area contributed by atoms with E-state index in [1.54, 1.807) is 0 Å². The minimum atomic E-state index is -5.87. The summed E-state index contributed by atoms with van der Waals surface area (Å²) in [7, 11) is 0. The first-order chi connectivity index (χ1) is 8.00. The fraction of sp³-hybridized carbons (Fsp3) is 0.500. The number of nitrogens with zero attached hydrogens (tertiary/aromatic N) is 3. The summed E-state index contributed by atoms with van der Waals surface area (Å²) in [6.45, 7) is 0. The molecule has 0 unspecified atom stereocenters. The largest absolute Gasteiger partial charge is 0.421 e. The van der Waals surface area contributed by atoms with Crippen molar-refractivity contribution in [3.63, 3.8) is 0 Å². The van der Waals surface area contributed by atoms with Crippen LogP contribution >= 0.6 is 15.9 Å². The SMILES string of the molecule is O=C(Nn1cnnc1)C(Br)(C(F)(F)F)C(F)(F)F. The summed E-state index contributed by atoms with van der Waals surface area (Å²) in [5.74, 6) is -2.36. The van der Waals surface area contributed by atoms with Gasteiger partial charge in [-0.2, -0.15) is 26.3 Å². The Labute approximate surface area is 103 Å². The highest BCUT2D eigenvalue weighted by Gasteiger charge is 2.74. The van der Waals surface area contributed by atoms with Crippen LogP contribution in [0, 0.1) is 0 Å². The van der Waals surface area contributed by atoms with Crippen LogP contribution in [0.3, 0.4) is 0 Å². The van der Waals surface area contributed by atoms with Crippen molar-refractivity contribution < 1.29 is 31.1 Å². The van der Waals surface area contributed by atoms with E-state index in [1.165, 1.54) is 21.4 Å². The summed E-state index contributed by atoms with van der Waals surface area (Å²) in [6.07, 6.45) is -10.3. The zero-order valence-electron chi connectivity index (χ0n) is 8.05. The average molecular weight is 341 g/mol. The summed E-state index contributed by atoms with van der Waals surface area (Å²) < 4.78 is 70.2. The quantitative estimate of drug-likeness (QED) is 0.657. The molecule has 12 heteroatoms. The third-order valence-corrected chi connectivity index (χ3v) is 3.00. The number of hydrogen-bond donors (Lipinski definition) is 1. The molecule has 0 saturated heterocycles. The van der Waals surface area contributed by atoms with Crippen molar-refractivity contribution in [2.45, 2.75) is 16.7 Å². The maximum Gasteiger partial charge on any atom is 0.421 e. The van der Waals surface area contributed by atoms with E-state index in [2.05, 4.69) is 10.2 Å². The Morgan fingerprint density at radius 1 is 1.06 bits per heavy atom. The Morgan fingerprint density at radius 2 is 1.44 bits per heavy atom. The first-order valence-electron chi connectivity index (χ1n) is 3.98. The molecular weight excluding hydrogens is 338 g/mol. The molecule has 0 saturated carbocycles. The molecule has 0 aromatic carbocycles. The summed E-state index contributed by atoms with van der Waals surface area (Å²) in [5, 5.41) is 6.20. The van der Waals surface area contributed by atoms with Gasteiger partial charge in [0.15, 0.2) is 0 Å². The lowest BCUT2D eigenvalue weighted by atomic mass is 10.1. The molecule has 0 aliphatic rings. The number of amides is 1. The number of aromatic nitrogens is 3. The van der Waals surface area contributed by atoms with Gasteiger partial charge in [-0.25, -0.2) is 4.68 Å². The van der Waals surface area contributed by atoms with Gasteiger partial charge in [-0.05, 0) is 0 Å². The van der Waals surface area contributed by atoms with Gasteiger partial charge in [0, 0.05) is 0 Å². The van der Waals surface area contributed by atoms with E-state index in [9.17, 15) is 31.1 Å². The predicted octanol–water partition coefficient (Wildman–Crippen LogP) is 1.61. The Morgan fingerprint density at radius 3 is 1.78 bits per heavy atom. The van der Waals surface area contributed by atoms with Gasteiger partial charge >= 0.3 is 12.4 Å². The highest BCUT2D eigenvalue weighted by Crippen LogP contribution is 2.49. The number of carbonyl (C=O) groups excluding carboxylic acids is 1. The average Bonchev–Trinajstić information content (AvgIpc) is 2.65. The van der Waals surface area contributed by atoms with Crippen LogP contribution in [0.4, 0.5) is 26.3 Å². The molecule has 0 bridgehead atoms. The van der Waals surface area contributed by atoms with Crippen LogP contribution in [-0.4, -0.2) is 37.5 Å². The first kappa shape index (κ1) is 14.7. The van der Waals surface area contributed by atoms with Crippen molar-refractivity contribution in [3.8, 4) is 0 Å². The van der Waals surface area contributed by atoms with Crippen LogP contribution in [0.25, 0.3) is 0 Å². The highest BCUT2D eigenvalue weighted by molar-refractivity contribution is 9.10. The fourth-order valence-corrected chi connectivity index (χ4v) is 0.960. The zero-order valence-corrected chi connectivity index (χ0v) is 9.64. The second-order valence-electron chi connectivity index (χ2n) is 2.96. The summed E-state index contributed by atoms with van der Waals surface area (Å²) in [5.41, 5.74) is 1.34. The van der Waals surface area contributed by atoms with Gasteiger partial charge in [-0.1, -0.05) is 15.9 Å². The Kier molecular flexibility index (Phi) is 3.60. The van der Waals surface area contributed by atoms with Crippen molar-refractivity contribution in [3.05, 3.63) is 12.7 Å². The predicted molar refractivity (Wildman–Crippen MR) is 48.2 cm³/mol. The van der Waals surface area contributed by atoms with Gasteiger partial charge in [0.1, 0.15) is 12.7 Å². The molecule has 18 heavy (non-hydrogen) atoms. The number of hydrogen-bond acceptors (Lipinski definition) is 3. The van der Waals surface area contributed by atoms with E-state index in [0.29, 0.717) is 4.68 Å².